The molecule has 21 heavy (non-hydrogen) atoms. The van der Waals surface area contributed by atoms with Crippen molar-refractivity contribution in [2.45, 2.75) is 13.0 Å². The molecule has 3 nitrogen and oxygen atoms in total. The van der Waals surface area contributed by atoms with Crippen molar-refractivity contribution in [2.75, 3.05) is 25.0 Å². The summed E-state index contributed by atoms with van der Waals surface area (Å²) in [5.41, 5.74) is 10.3. The van der Waals surface area contributed by atoms with E-state index in [-0.39, 0.29) is 6.10 Å². The number of aryl methyl sites for hydroxylation is 1. The molecule has 0 fully saturated rings. The first-order valence-corrected chi connectivity index (χ1v) is 7.45. The largest absolute Gasteiger partial charge is 0.484 e. The molecule has 0 spiro atoms. The zero-order valence-electron chi connectivity index (χ0n) is 12.3. The second kappa shape index (κ2) is 5.58. The van der Waals surface area contributed by atoms with E-state index in [1.807, 2.05) is 18.2 Å². The molecule has 0 unspecified atom stereocenters. The summed E-state index contributed by atoms with van der Waals surface area (Å²) in [6.07, 6.45) is 0.0243. The third-order valence-corrected chi connectivity index (χ3v) is 4.14. The number of nitrogens with zero attached hydrogens (tertiary/aromatic N) is 1. The number of nitrogens with two attached hydrogens (primary N) is 1. The first-order chi connectivity index (χ1) is 10.1. The molecule has 2 aromatic rings. The molecule has 1 heterocycles. The van der Waals surface area contributed by atoms with Crippen LogP contribution >= 0.6 is 11.6 Å². The van der Waals surface area contributed by atoms with Gasteiger partial charge in [0, 0.05) is 24.2 Å². The molecule has 1 atom stereocenters. The van der Waals surface area contributed by atoms with Crippen molar-refractivity contribution in [3.05, 3.63) is 47.0 Å². The summed E-state index contributed by atoms with van der Waals surface area (Å²) in [7, 11) is 2.07. The summed E-state index contributed by atoms with van der Waals surface area (Å²) in [5, 5.41) is 0.749. The van der Waals surface area contributed by atoms with Gasteiger partial charge in [-0.25, -0.2) is 0 Å². The second-order valence-electron chi connectivity index (χ2n) is 5.47. The van der Waals surface area contributed by atoms with Gasteiger partial charge in [0.15, 0.2) is 5.75 Å². The number of hydrogen-bond donors (Lipinski definition) is 1. The summed E-state index contributed by atoms with van der Waals surface area (Å²) in [4.78, 5) is 2.20. The maximum atomic E-state index is 6.12. The van der Waals surface area contributed by atoms with Gasteiger partial charge >= 0.3 is 0 Å². The van der Waals surface area contributed by atoms with Crippen molar-refractivity contribution in [2.24, 2.45) is 5.73 Å². The van der Waals surface area contributed by atoms with Gasteiger partial charge in [0.1, 0.15) is 6.10 Å². The molecule has 110 valence electrons. The number of anilines is 1. The van der Waals surface area contributed by atoms with Gasteiger partial charge in [-0.3, -0.25) is 0 Å². The van der Waals surface area contributed by atoms with Crippen LogP contribution in [0.25, 0.3) is 11.1 Å². The predicted octanol–water partition coefficient (Wildman–Crippen LogP) is 3.47. The quantitative estimate of drug-likeness (QED) is 0.923. The molecule has 0 bridgehead atoms. The van der Waals surface area contributed by atoms with Crippen LogP contribution in [-0.4, -0.2) is 26.2 Å². The van der Waals surface area contributed by atoms with Crippen LogP contribution in [0.1, 0.15) is 5.56 Å². The van der Waals surface area contributed by atoms with Crippen molar-refractivity contribution in [1.82, 2.24) is 0 Å². The van der Waals surface area contributed by atoms with Crippen LogP contribution in [0.3, 0.4) is 0 Å². The lowest BCUT2D eigenvalue weighted by Gasteiger charge is -2.34. The molecule has 0 saturated heterocycles. The van der Waals surface area contributed by atoms with Crippen LogP contribution < -0.4 is 15.4 Å². The van der Waals surface area contributed by atoms with Crippen molar-refractivity contribution in [3.8, 4) is 16.9 Å². The SMILES string of the molecule is Cc1cc(Cl)ccc1-c1cccc2c1O[C@H](CN)CN2C. The fourth-order valence-electron chi connectivity index (χ4n) is 2.82. The maximum Gasteiger partial charge on any atom is 0.151 e. The number of ether oxygens (including phenoxy) is 1. The zero-order chi connectivity index (χ0) is 15.0. The van der Waals surface area contributed by atoms with Crippen LogP contribution in [-0.2, 0) is 0 Å². The molecular weight excluding hydrogens is 284 g/mol. The monoisotopic (exact) mass is 302 g/mol. The van der Waals surface area contributed by atoms with Crippen molar-refractivity contribution < 1.29 is 4.74 Å². The molecular formula is C17H19ClN2O. The van der Waals surface area contributed by atoms with Gasteiger partial charge in [0.25, 0.3) is 0 Å². The second-order valence-corrected chi connectivity index (χ2v) is 5.91. The summed E-state index contributed by atoms with van der Waals surface area (Å²) in [5.74, 6) is 0.909. The fourth-order valence-corrected chi connectivity index (χ4v) is 3.05. The standard InChI is InChI=1S/C17H19ClN2O/c1-11-8-12(18)6-7-14(11)15-4-3-5-16-17(15)21-13(9-19)10-20(16)2/h3-8,13H,9-10,19H2,1-2H3/t13-/m1/s1. The lowest BCUT2D eigenvalue weighted by molar-refractivity contribution is 0.205. The Labute approximate surface area is 130 Å². The minimum absolute atomic E-state index is 0.0243. The minimum atomic E-state index is 0.0243. The number of benzene rings is 2. The van der Waals surface area contributed by atoms with Crippen molar-refractivity contribution in [1.29, 1.82) is 0 Å². The lowest BCUT2D eigenvalue weighted by atomic mass is 9.98. The van der Waals surface area contributed by atoms with E-state index in [9.17, 15) is 0 Å². The van der Waals surface area contributed by atoms with Gasteiger partial charge in [-0.15, -0.1) is 0 Å². The number of para-hydroxylation sites is 1. The lowest BCUT2D eigenvalue weighted by Crippen LogP contribution is -2.42. The van der Waals surface area contributed by atoms with E-state index < -0.39 is 0 Å². The maximum absolute atomic E-state index is 6.12. The van der Waals surface area contributed by atoms with Crippen LogP contribution in [0.2, 0.25) is 5.02 Å². The van der Waals surface area contributed by atoms with Crippen LogP contribution in [0.5, 0.6) is 5.75 Å². The number of fused-ring (bicyclic) bond motifs is 1. The number of hydrogen-bond acceptors (Lipinski definition) is 3. The Bertz CT molecular complexity index is 672. The minimum Gasteiger partial charge on any atom is -0.484 e. The predicted molar refractivity (Wildman–Crippen MR) is 88.4 cm³/mol. The van der Waals surface area contributed by atoms with Gasteiger partial charge in [-0.1, -0.05) is 29.8 Å². The Morgan fingerprint density at radius 2 is 2.10 bits per heavy atom. The van der Waals surface area contributed by atoms with Crippen LogP contribution in [0, 0.1) is 6.92 Å². The first-order valence-electron chi connectivity index (χ1n) is 7.07. The Morgan fingerprint density at radius 1 is 1.29 bits per heavy atom. The molecule has 0 radical (unpaired) electrons. The highest BCUT2D eigenvalue weighted by Crippen LogP contribution is 2.42. The van der Waals surface area contributed by atoms with Gasteiger partial charge in [-0.05, 0) is 36.2 Å². The topological polar surface area (TPSA) is 38.5 Å². The van der Waals surface area contributed by atoms with E-state index in [1.165, 1.54) is 0 Å². The number of halogens is 1. The number of likely N-dealkylation sites (N-methyl/N-ethyl adjacent to an activating group) is 1. The highest BCUT2D eigenvalue weighted by Gasteiger charge is 2.25. The summed E-state index contributed by atoms with van der Waals surface area (Å²) < 4.78 is 6.12. The Kier molecular flexibility index (Phi) is 3.79. The van der Waals surface area contributed by atoms with E-state index in [2.05, 4.69) is 37.1 Å². The third kappa shape index (κ3) is 2.59. The highest BCUT2D eigenvalue weighted by atomic mass is 35.5. The smallest absolute Gasteiger partial charge is 0.151 e. The normalized spacial score (nSPS) is 17.3. The Hall–Kier alpha value is -1.71. The van der Waals surface area contributed by atoms with E-state index in [4.69, 9.17) is 22.1 Å². The molecule has 1 aliphatic heterocycles. The van der Waals surface area contributed by atoms with E-state index in [0.29, 0.717) is 6.54 Å². The average molecular weight is 303 g/mol. The van der Waals surface area contributed by atoms with Gasteiger partial charge in [-0.2, -0.15) is 0 Å². The van der Waals surface area contributed by atoms with Gasteiger partial charge in [0.05, 0.1) is 12.2 Å². The highest BCUT2D eigenvalue weighted by molar-refractivity contribution is 6.30. The third-order valence-electron chi connectivity index (χ3n) is 3.91. The van der Waals surface area contributed by atoms with Gasteiger partial charge in [0.2, 0.25) is 0 Å². The number of rotatable bonds is 2. The molecule has 0 aromatic heterocycles. The van der Waals surface area contributed by atoms with E-state index in [1.54, 1.807) is 0 Å². The van der Waals surface area contributed by atoms with E-state index >= 15 is 0 Å². The molecule has 0 saturated carbocycles. The van der Waals surface area contributed by atoms with Gasteiger partial charge < -0.3 is 15.4 Å². The molecule has 2 aromatic carbocycles. The first kappa shape index (κ1) is 14.2. The Morgan fingerprint density at radius 3 is 2.81 bits per heavy atom. The van der Waals surface area contributed by atoms with Crippen LogP contribution in [0.15, 0.2) is 36.4 Å². The summed E-state index contributed by atoms with van der Waals surface area (Å²) in [6.45, 7) is 3.39. The molecule has 1 aliphatic rings. The Balaban J connectivity index is 2.14. The average Bonchev–Trinajstić information content (AvgIpc) is 2.47. The molecule has 4 heteroatoms. The van der Waals surface area contributed by atoms with E-state index in [0.717, 1.165) is 39.7 Å². The zero-order valence-corrected chi connectivity index (χ0v) is 13.0. The van der Waals surface area contributed by atoms with Crippen molar-refractivity contribution >= 4 is 17.3 Å². The molecule has 3 rings (SSSR count). The molecule has 0 amide bonds. The van der Waals surface area contributed by atoms with Crippen molar-refractivity contribution in [3.63, 3.8) is 0 Å². The molecule has 2 N–H and O–H groups in total. The van der Waals surface area contributed by atoms with Crippen LogP contribution in [0.4, 0.5) is 5.69 Å². The molecule has 0 aliphatic carbocycles. The summed E-state index contributed by atoms with van der Waals surface area (Å²) >= 11 is 6.06. The summed E-state index contributed by atoms with van der Waals surface area (Å²) in [6, 6.07) is 12.2. The fraction of sp³-hybridized carbons (Fsp3) is 0.294.